The number of benzene rings is 6. The van der Waals surface area contributed by atoms with E-state index in [1.54, 1.807) is 0 Å². The van der Waals surface area contributed by atoms with E-state index in [1.807, 2.05) is 0 Å². The Morgan fingerprint density at radius 3 is 1.73 bits per heavy atom. The Morgan fingerprint density at radius 2 is 0.976 bits per heavy atom. The molecule has 9 rings (SSSR count). The number of fused-ring (bicyclic) bond motifs is 8. The average molecular weight is 525 g/mol. The van der Waals surface area contributed by atoms with Crippen LogP contribution in [0.1, 0.15) is 0 Å². The topological polar surface area (TPSA) is 23.0 Å². The standard InChI is InChI=1S/C38H24N2O/c1-3-12-26(13-4-1)39-33-20-9-7-16-29(33)30-23-22-25(24-35(30)39)28-18-11-19-32-36-38(41-37(28)32)31-17-8-10-21-34(31)40(36)27-14-5-2-6-15-27/h1-24H. The highest BCUT2D eigenvalue weighted by Gasteiger charge is 2.21. The Kier molecular flexibility index (Phi) is 4.61. The Balaban J connectivity index is 1.35. The molecule has 0 bridgehead atoms. The molecule has 0 aliphatic heterocycles. The summed E-state index contributed by atoms with van der Waals surface area (Å²) in [6.45, 7) is 0. The van der Waals surface area contributed by atoms with Crippen LogP contribution in [0.25, 0.3) is 77.3 Å². The first-order chi connectivity index (χ1) is 20.4. The summed E-state index contributed by atoms with van der Waals surface area (Å²) in [5.41, 5.74) is 11.0. The maximum Gasteiger partial charge on any atom is 0.161 e. The molecule has 6 aromatic carbocycles. The van der Waals surface area contributed by atoms with Gasteiger partial charge in [-0.25, -0.2) is 0 Å². The first-order valence-corrected chi connectivity index (χ1v) is 14.0. The molecule has 3 heterocycles. The van der Waals surface area contributed by atoms with E-state index in [0.717, 1.165) is 55.5 Å². The summed E-state index contributed by atoms with van der Waals surface area (Å²) in [6, 6.07) is 51.6. The summed E-state index contributed by atoms with van der Waals surface area (Å²) in [5, 5.41) is 4.73. The lowest BCUT2D eigenvalue weighted by Crippen LogP contribution is -1.93. The van der Waals surface area contributed by atoms with Gasteiger partial charge >= 0.3 is 0 Å². The predicted octanol–water partition coefficient (Wildman–Crippen LogP) is 10.3. The highest BCUT2D eigenvalue weighted by molar-refractivity contribution is 6.19. The van der Waals surface area contributed by atoms with Crippen molar-refractivity contribution >= 4 is 54.8 Å². The zero-order valence-electron chi connectivity index (χ0n) is 22.2. The normalized spacial score (nSPS) is 11.9. The minimum Gasteiger partial charge on any atom is -0.453 e. The maximum absolute atomic E-state index is 6.81. The fourth-order valence-corrected chi connectivity index (χ4v) is 6.56. The van der Waals surface area contributed by atoms with Crippen LogP contribution in [0.4, 0.5) is 0 Å². The molecule has 41 heavy (non-hydrogen) atoms. The number of para-hydroxylation sites is 5. The van der Waals surface area contributed by atoms with Crippen LogP contribution >= 0.6 is 0 Å². The van der Waals surface area contributed by atoms with Crippen LogP contribution in [0.15, 0.2) is 150 Å². The fraction of sp³-hybridized carbons (Fsp3) is 0. The molecule has 0 amide bonds. The molecular formula is C38H24N2O. The Hall–Kier alpha value is -5.54. The van der Waals surface area contributed by atoms with Gasteiger partial charge in [0, 0.05) is 38.5 Å². The van der Waals surface area contributed by atoms with Crippen molar-refractivity contribution in [1.29, 1.82) is 0 Å². The summed E-state index contributed by atoms with van der Waals surface area (Å²) in [5.74, 6) is 0. The van der Waals surface area contributed by atoms with Crippen LogP contribution in [0.5, 0.6) is 0 Å². The second kappa shape index (κ2) is 8.48. The molecule has 3 aromatic heterocycles. The Bertz CT molecular complexity index is 2410. The molecule has 0 unspecified atom stereocenters. The van der Waals surface area contributed by atoms with Gasteiger partial charge in [-0.1, -0.05) is 91.0 Å². The lowest BCUT2D eigenvalue weighted by Gasteiger charge is -2.09. The van der Waals surface area contributed by atoms with Gasteiger partial charge in [0.15, 0.2) is 5.58 Å². The van der Waals surface area contributed by atoms with Crippen molar-refractivity contribution in [2.24, 2.45) is 0 Å². The fourth-order valence-electron chi connectivity index (χ4n) is 6.56. The molecule has 0 fully saturated rings. The minimum atomic E-state index is 0.912. The number of hydrogen-bond donors (Lipinski definition) is 0. The smallest absolute Gasteiger partial charge is 0.161 e. The van der Waals surface area contributed by atoms with Gasteiger partial charge in [0.2, 0.25) is 0 Å². The largest absolute Gasteiger partial charge is 0.453 e. The lowest BCUT2D eigenvalue weighted by molar-refractivity contribution is 0.674. The second-order valence-electron chi connectivity index (χ2n) is 10.6. The van der Waals surface area contributed by atoms with Gasteiger partial charge < -0.3 is 13.6 Å². The van der Waals surface area contributed by atoms with Gasteiger partial charge in [-0.3, -0.25) is 0 Å². The van der Waals surface area contributed by atoms with Crippen molar-refractivity contribution in [3.63, 3.8) is 0 Å². The van der Waals surface area contributed by atoms with E-state index in [4.69, 9.17) is 4.42 Å². The molecule has 0 aliphatic rings. The summed E-state index contributed by atoms with van der Waals surface area (Å²) >= 11 is 0. The van der Waals surface area contributed by atoms with E-state index in [2.05, 4.69) is 155 Å². The highest BCUT2D eigenvalue weighted by atomic mass is 16.3. The van der Waals surface area contributed by atoms with Crippen molar-refractivity contribution in [2.75, 3.05) is 0 Å². The third kappa shape index (κ3) is 3.14. The Morgan fingerprint density at radius 1 is 0.390 bits per heavy atom. The summed E-state index contributed by atoms with van der Waals surface area (Å²) in [6.07, 6.45) is 0. The first-order valence-electron chi connectivity index (χ1n) is 14.0. The van der Waals surface area contributed by atoms with Crippen molar-refractivity contribution in [3.8, 4) is 22.5 Å². The predicted molar refractivity (Wildman–Crippen MR) is 170 cm³/mol. The van der Waals surface area contributed by atoms with Crippen molar-refractivity contribution in [3.05, 3.63) is 146 Å². The van der Waals surface area contributed by atoms with Crippen LogP contribution < -0.4 is 0 Å². The molecule has 0 atom stereocenters. The third-order valence-corrected chi connectivity index (χ3v) is 8.32. The SMILES string of the molecule is c1ccc(-n2c3ccccc3c3ccc(-c4cccc5c4oc4c6ccccc6n(-c6ccccc6)c54)cc32)cc1. The number of aromatic nitrogens is 2. The summed E-state index contributed by atoms with van der Waals surface area (Å²) in [7, 11) is 0. The zero-order chi connectivity index (χ0) is 26.9. The van der Waals surface area contributed by atoms with E-state index >= 15 is 0 Å². The average Bonchev–Trinajstić information content (AvgIpc) is 3.68. The molecule has 9 aromatic rings. The van der Waals surface area contributed by atoms with Crippen LogP contribution in [-0.4, -0.2) is 9.13 Å². The molecule has 0 saturated carbocycles. The van der Waals surface area contributed by atoms with Gasteiger partial charge in [0.1, 0.15) is 11.1 Å². The molecule has 0 aliphatic carbocycles. The number of rotatable bonds is 3. The number of nitrogens with zero attached hydrogens (tertiary/aromatic N) is 2. The van der Waals surface area contributed by atoms with E-state index in [1.165, 1.54) is 21.8 Å². The van der Waals surface area contributed by atoms with E-state index in [0.29, 0.717) is 0 Å². The molecule has 192 valence electrons. The quantitative estimate of drug-likeness (QED) is 0.225. The van der Waals surface area contributed by atoms with Crippen LogP contribution in [0.3, 0.4) is 0 Å². The van der Waals surface area contributed by atoms with E-state index in [9.17, 15) is 0 Å². The first kappa shape index (κ1) is 22.3. The molecule has 0 N–H and O–H groups in total. The lowest BCUT2D eigenvalue weighted by atomic mass is 10.0. The van der Waals surface area contributed by atoms with Crippen LogP contribution in [-0.2, 0) is 0 Å². The molecule has 0 spiro atoms. The second-order valence-corrected chi connectivity index (χ2v) is 10.6. The number of hydrogen-bond acceptors (Lipinski definition) is 1. The van der Waals surface area contributed by atoms with Gasteiger partial charge in [-0.2, -0.15) is 0 Å². The minimum absolute atomic E-state index is 0.912. The summed E-state index contributed by atoms with van der Waals surface area (Å²) in [4.78, 5) is 0. The molecule has 3 nitrogen and oxygen atoms in total. The highest BCUT2D eigenvalue weighted by Crippen LogP contribution is 2.43. The zero-order valence-corrected chi connectivity index (χ0v) is 22.2. The van der Waals surface area contributed by atoms with Gasteiger partial charge in [0.25, 0.3) is 0 Å². The Labute approximate surface area is 236 Å². The molecule has 0 saturated heterocycles. The molecular weight excluding hydrogens is 500 g/mol. The van der Waals surface area contributed by atoms with Crippen LogP contribution in [0.2, 0.25) is 0 Å². The summed E-state index contributed by atoms with van der Waals surface area (Å²) < 4.78 is 11.5. The number of furan rings is 1. The third-order valence-electron chi connectivity index (χ3n) is 8.32. The van der Waals surface area contributed by atoms with Gasteiger partial charge in [-0.15, -0.1) is 0 Å². The van der Waals surface area contributed by atoms with Crippen molar-refractivity contribution in [2.45, 2.75) is 0 Å². The molecule has 3 heteroatoms. The van der Waals surface area contributed by atoms with E-state index < -0.39 is 0 Å². The van der Waals surface area contributed by atoms with Crippen molar-refractivity contribution in [1.82, 2.24) is 9.13 Å². The van der Waals surface area contributed by atoms with Gasteiger partial charge in [0.05, 0.1) is 16.6 Å². The monoisotopic (exact) mass is 524 g/mol. The van der Waals surface area contributed by atoms with Crippen LogP contribution in [0, 0.1) is 0 Å². The van der Waals surface area contributed by atoms with E-state index in [-0.39, 0.29) is 0 Å². The van der Waals surface area contributed by atoms with Gasteiger partial charge in [-0.05, 0) is 60.2 Å². The molecule has 0 radical (unpaired) electrons. The van der Waals surface area contributed by atoms with Crippen molar-refractivity contribution < 1.29 is 4.42 Å². The maximum atomic E-state index is 6.81.